The van der Waals surface area contributed by atoms with Crippen LogP contribution in [0.4, 0.5) is 17.1 Å². The SMILES string of the molecule is O=C(Nc1cccc(N2CCCC2)c1)c1ccc(-c2cccc([N+](=O)[O-])c2)o1. The average molecular weight is 377 g/mol. The summed E-state index contributed by atoms with van der Waals surface area (Å²) in [6, 6.07) is 17.0. The molecule has 1 aliphatic rings. The van der Waals surface area contributed by atoms with Crippen LogP contribution in [0.3, 0.4) is 0 Å². The summed E-state index contributed by atoms with van der Waals surface area (Å²) in [6.45, 7) is 2.06. The number of rotatable bonds is 5. The first-order chi connectivity index (χ1) is 13.6. The summed E-state index contributed by atoms with van der Waals surface area (Å²) in [4.78, 5) is 25.3. The Bertz CT molecular complexity index is 1020. The van der Waals surface area contributed by atoms with E-state index in [0.29, 0.717) is 17.0 Å². The second kappa shape index (κ2) is 7.56. The normalized spacial score (nSPS) is 13.5. The average Bonchev–Trinajstić information content (AvgIpc) is 3.40. The van der Waals surface area contributed by atoms with Crippen LogP contribution >= 0.6 is 0 Å². The Morgan fingerprint density at radius 2 is 1.82 bits per heavy atom. The van der Waals surface area contributed by atoms with Gasteiger partial charge in [-0.2, -0.15) is 0 Å². The first kappa shape index (κ1) is 17.8. The minimum absolute atomic E-state index is 0.0290. The van der Waals surface area contributed by atoms with Gasteiger partial charge in [-0.25, -0.2) is 0 Å². The second-order valence-electron chi connectivity index (χ2n) is 6.67. The van der Waals surface area contributed by atoms with E-state index in [4.69, 9.17) is 4.42 Å². The van der Waals surface area contributed by atoms with E-state index in [1.165, 1.54) is 25.0 Å². The van der Waals surface area contributed by atoms with Gasteiger partial charge in [0.2, 0.25) is 0 Å². The molecule has 1 saturated heterocycles. The van der Waals surface area contributed by atoms with Crippen molar-refractivity contribution >= 4 is 23.0 Å². The molecule has 4 rings (SSSR count). The van der Waals surface area contributed by atoms with Gasteiger partial charge in [0.25, 0.3) is 11.6 Å². The fraction of sp³-hybridized carbons (Fsp3) is 0.190. The van der Waals surface area contributed by atoms with Gasteiger partial charge in [-0.1, -0.05) is 18.2 Å². The molecule has 3 aromatic rings. The lowest BCUT2D eigenvalue weighted by molar-refractivity contribution is -0.384. The fourth-order valence-electron chi connectivity index (χ4n) is 3.34. The Hall–Kier alpha value is -3.61. The zero-order valence-electron chi connectivity index (χ0n) is 15.1. The summed E-state index contributed by atoms with van der Waals surface area (Å²) in [5, 5.41) is 13.8. The third kappa shape index (κ3) is 3.73. The molecule has 1 aliphatic heterocycles. The van der Waals surface area contributed by atoms with Crippen LogP contribution in [0.25, 0.3) is 11.3 Å². The van der Waals surface area contributed by atoms with Gasteiger partial charge in [0.15, 0.2) is 5.76 Å². The lowest BCUT2D eigenvalue weighted by atomic mass is 10.1. The van der Waals surface area contributed by atoms with E-state index >= 15 is 0 Å². The zero-order chi connectivity index (χ0) is 19.5. The first-order valence-corrected chi connectivity index (χ1v) is 9.11. The van der Waals surface area contributed by atoms with E-state index in [9.17, 15) is 14.9 Å². The molecule has 7 nitrogen and oxygen atoms in total. The quantitative estimate of drug-likeness (QED) is 0.514. The lowest BCUT2D eigenvalue weighted by Gasteiger charge is -2.18. The minimum atomic E-state index is -0.465. The van der Waals surface area contributed by atoms with Crippen molar-refractivity contribution < 1.29 is 14.1 Å². The van der Waals surface area contributed by atoms with Crippen molar-refractivity contribution in [3.05, 3.63) is 76.5 Å². The number of carbonyl (C=O) groups excluding carboxylic acids is 1. The van der Waals surface area contributed by atoms with Crippen LogP contribution in [0.15, 0.2) is 65.1 Å². The molecule has 0 bridgehead atoms. The molecule has 0 aliphatic carbocycles. The standard InChI is InChI=1S/C21H19N3O4/c25-21(22-16-6-4-7-17(14-16)23-11-1-2-12-23)20-10-9-19(28-20)15-5-3-8-18(13-15)24(26)27/h3-10,13-14H,1-2,11-12H2,(H,22,25). The second-order valence-corrected chi connectivity index (χ2v) is 6.67. The Morgan fingerprint density at radius 1 is 1.04 bits per heavy atom. The van der Waals surface area contributed by atoms with Crippen LogP contribution in [0.1, 0.15) is 23.4 Å². The van der Waals surface area contributed by atoms with Gasteiger partial charge in [-0.05, 0) is 43.2 Å². The summed E-state index contributed by atoms with van der Waals surface area (Å²) in [5.41, 5.74) is 2.30. The third-order valence-electron chi connectivity index (χ3n) is 4.75. The summed E-state index contributed by atoms with van der Waals surface area (Å²) in [5.74, 6) is 0.183. The number of furan rings is 1. The fourth-order valence-corrected chi connectivity index (χ4v) is 3.34. The molecular formula is C21H19N3O4. The number of carbonyl (C=O) groups is 1. The Labute approximate surface area is 161 Å². The summed E-state index contributed by atoms with van der Waals surface area (Å²) < 4.78 is 5.62. The Morgan fingerprint density at radius 3 is 2.61 bits per heavy atom. The molecule has 1 aromatic heterocycles. The molecule has 0 radical (unpaired) electrons. The number of anilines is 2. The maximum Gasteiger partial charge on any atom is 0.291 e. The topological polar surface area (TPSA) is 88.6 Å². The van der Waals surface area contributed by atoms with Crippen molar-refractivity contribution in [3.63, 3.8) is 0 Å². The minimum Gasteiger partial charge on any atom is -0.451 e. The van der Waals surface area contributed by atoms with Gasteiger partial charge >= 0.3 is 0 Å². The molecule has 2 heterocycles. The van der Waals surface area contributed by atoms with Crippen molar-refractivity contribution in [2.75, 3.05) is 23.3 Å². The van der Waals surface area contributed by atoms with E-state index in [2.05, 4.69) is 10.2 Å². The molecule has 142 valence electrons. The van der Waals surface area contributed by atoms with E-state index in [0.717, 1.165) is 18.8 Å². The third-order valence-corrected chi connectivity index (χ3v) is 4.75. The predicted molar refractivity (Wildman–Crippen MR) is 107 cm³/mol. The molecular weight excluding hydrogens is 358 g/mol. The number of non-ortho nitro benzene ring substituents is 1. The summed E-state index contributed by atoms with van der Waals surface area (Å²) in [7, 11) is 0. The molecule has 0 unspecified atom stereocenters. The van der Waals surface area contributed by atoms with E-state index in [-0.39, 0.29) is 17.4 Å². The molecule has 1 N–H and O–H groups in total. The molecule has 7 heteroatoms. The highest BCUT2D eigenvalue weighted by Gasteiger charge is 2.16. The molecule has 0 atom stereocenters. The van der Waals surface area contributed by atoms with Crippen LogP contribution in [-0.2, 0) is 0 Å². The number of nitro benzene ring substituents is 1. The lowest BCUT2D eigenvalue weighted by Crippen LogP contribution is -2.18. The molecule has 1 amide bonds. The van der Waals surface area contributed by atoms with Gasteiger partial charge in [-0.15, -0.1) is 0 Å². The molecule has 0 spiro atoms. The van der Waals surface area contributed by atoms with Crippen LogP contribution in [0.2, 0.25) is 0 Å². The van der Waals surface area contributed by atoms with Gasteiger partial charge < -0.3 is 14.6 Å². The van der Waals surface area contributed by atoms with Crippen molar-refractivity contribution in [3.8, 4) is 11.3 Å². The van der Waals surface area contributed by atoms with Gasteiger partial charge in [0.05, 0.1) is 4.92 Å². The number of nitro groups is 1. The number of nitrogens with one attached hydrogen (secondary N) is 1. The molecule has 28 heavy (non-hydrogen) atoms. The molecule has 1 fully saturated rings. The van der Waals surface area contributed by atoms with Crippen molar-refractivity contribution in [1.29, 1.82) is 0 Å². The maximum atomic E-state index is 12.5. The monoisotopic (exact) mass is 377 g/mol. The zero-order valence-corrected chi connectivity index (χ0v) is 15.1. The van der Waals surface area contributed by atoms with E-state index in [1.807, 2.05) is 24.3 Å². The molecule has 0 saturated carbocycles. The number of amides is 1. The number of benzene rings is 2. The van der Waals surface area contributed by atoms with Crippen molar-refractivity contribution in [2.45, 2.75) is 12.8 Å². The highest BCUT2D eigenvalue weighted by Crippen LogP contribution is 2.27. The first-order valence-electron chi connectivity index (χ1n) is 9.11. The summed E-state index contributed by atoms with van der Waals surface area (Å²) >= 11 is 0. The van der Waals surface area contributed by atoms with E-state index < -0.39 is 4.92 Å². The number of hydrogen-bond donors (Lipinski definition) is 1. The smallest absolute Gasteiger partial charge is 0.291 e. The molecule has 2 aromatic carbocycles. The van der Waals surface area contributed by atoms with Crippen LogP contribution in [0, 0.1) is 10.1 Å². The predicted octanol–water partition coefficient (Wildman–Crippen LogP) is 4.71. The van der Waals surface area contributed by atoms with Crippen LogP contribution < -0.4 is 10.2 Å². The number of nitrogens with zero attached hydrogens (tertiary/aromatic N) is 2. The van der Waals surface area contributed by atoms with Gasteiger partial charge in [0, 0.05) is 42.2 Å². The van der Waals surface area contributed by atoms with Crippen LogP contribution in [-0.4, -0.2) is 23.9 Å². The highest BCUT2D eigenvalue weighted by molar-refractivity contribution is 6.02. The highest BCUT2D eigenvalue weighted by atomic mass is 16.6. The Balaban J connectivity index is 1.50. The Kier molecular flexibility index (Phi) is 4.80. The van der Waals surface area contributed by atoms with Crippen molar-refractivity contribution in [2.24, 2.45) is 0 Å². The largest absolute Gasteiger partial charge is 0.451 e. The van der Waals surface area contributed by atoms with E-state index in [1.54, 1.807) is 24.3 Å². The van der Waals surface area contributed by atoms with Gasteiger partial charge in [0.1, 0.15) is 5.76 Å². The maximum absolute atomic E-state index is 12.5. The van der Waals surface area contributed by atoms with Crippen LogP contribution in [0.5, 0.6) is 0 Å². The van der Waals surface area contributed by atoms with Crippen molar-refractivity contribution in [1.82, 2.24) is 0 Å². The summed E-state index contributed by atoms with van der Waals surface area (Å²) in [6.07, 6.45) is 2.37. The number of hydrogen-bond acceptors (Lipinski definition) is 5. The van der Waals surface area contributed by atoms with Gasteiger partial charge in [-0.3, -0.25) is 14.9 Å².